The Morgan fingerprint density at radius 1 is 0.453 bits per heavy atom. The van der Waals surface area contributed by atoms with Crippen LogP contribution in [0.4, 0.5) is 0 Å². The van der Waals surface area contributed by atoms with E-state index in [1.165, 1.54) is 49.2 Å². The third kappa shape index (κ3) is 4.24. The summed E-state index contributed by atoms with van der Waals surface area (Å²) >= 11 is 0. The summed E-state index contributed by atoms with van der Waals surface area (Å²) in [7, 11) is 0. The molecule has 7 aromatic carbocycles. The van der Waals surface area contributed by atoms with Crippen molar-refractivity contribution in [2.24, 2.45) is 0 Å². The maximum Gasteiger partial charge on any atom is 0.160 e. The highest BCUT2D eigenvalue weighted by Crippen LogP contribution is 2.51. The molecule has 0 spiro atoms. The van der Waals surface area contributed by atoms with Crippen molar-refractivity contribution in [3.63, 3.8) is 0 Å². The number of aromatic nitrogens is 4. The van der Waals surface area contributed by atoms with E-state index in [-0.39, 0.29) is 5.41 Å². The van der Waals surface area contributed by atoms with Crippen molar-refractivity contribution >= 4 is 43.6 Å². The number of rotatable bonds is 4. The Morgan fingerprint density at radius 2 is 1.00 bits per heavy atom. The fraction of sp³-hybridized carbons (Fsp3) is 0.0612. The fourth-order valence-electron chi connectivity index (χ4n) is 8.87. The first-order chi connectivity index (χ1) is 26.1. The number of fused-ring (bicyclic) bond motifs is 10. The van der Waals surface area contributed by atoms with E-state index in [0.29, 0.717) is 0 Å². The lowest BCUT2D eigenvalue weighted by Crippen LogP contribution is -2.17. The molecular weight excluding hydrogens is 645 g/mol. The summed E-state index contributed by atoms with van der Waals surface area (Å²) in [5, 5.41) is 4.91. The standard InChI is InChI=1S/C49H34N4/c1-49(2)40-25-12-9-24-39(40)43-44(31-16-5-3-6-17-31)50-48(51-47(43)49)32-18-15-21-34(30-32)53-42-27-14-11-23-36(42)38-29-28-37-35-22-10-13-26-41(35)52(45(37)46(38)53)33-19-7-4-8-20-33/h3-30H,1-2H3. The van der Waals surface area contributed by atoms with E-state index >= 15 is 0 Å². The molecule has 0 atom stereocenters. The van der Waals surface area contributed by atoms with Gasteiger partial charge in [0.25, 0.3) is 0 Å². The maximum atomic E-state index is 5.43. The van der Waals surface area contributed by atoms with Gasteiger partial charge in [0.2, 0.25) is 0 Å². The summed E-state index contributed by atoms with van der Waals surface area (Å²) in [4.78, 5) is 10.8. The van der Waals surface area contributed by atoms with Crippen LogP contribution in [0.1, 0.15) is 25.1 Å². The molecule has 0 amide bonds. The second-order valence-electron chi connectivity index (χ2n) is 14.6. The number of nitrogens with zero attached hydrogens (tertiary/aromatic N) is 4. The molecule has 0 fully saturated rings. The maximum absolute atomic E-state index is 5.43. The molecule has 3 aromatic heterocycles. The predicted octanol–water partition coefficient (Wildman–Crippen LogP) is 12.3. The minimum atomic E-state index is -0.270. The van der Waals surface area contributed by atoms with Crippen molar-refractivity contribution in [2.45, 2.75) is 19.3 Å². The smallest absolute Gasteiger partial charge is 0.160 e. The van der Waals surface area contributed by atoms with Gasteiger partial charge in [0, 0.05) is 55.0 Å². The monoisotopic (exact) mass is 678 g/mol. The minimum Gasteiger partial charge on any atom is -0.307 e. The number of hydrogen-bond acceptors (Lipinski definition) is 2. The van der Waals surface area contributed by atoms with Gasteiger partial charge in [0.05, 0.1) is 33.5 Å². The summed E-state index contributed by atoms with van der Waals surface area (Å²) in [6, 6.07) is 60.9. The van der Waals surface area contributed by atoms with Crippen LogP contribution in [-0.4, -0.2) is 19.1 Å². The largest absolute Gasteiger partial charge is 0.307 e. The van der Waals surface area contributed by atoms with Gasteiger partial charge in [-0.3, -0.25) is 0 Å². The summed E-state index contributed by atoms with van der Waals surface area (Å²) < 4.78 is 4.88. The van der Waals surface area contributed by atoms with E-state index in [9.17, 15) is 0 Å². The number of benzene rings is 7. The second-order valence-corrected chi connectivity index (χ2v) is 14.6. The van der Waals surface area contributed by atoms with Gasteiger partial charge in [-0.05, 0) is 47.5 Å². The van der Waals surface area contributed by atoms with Gasteiger partial charge in [-0.2, -0.15) is 0 Å². The topological polar surface area (TPSA) is 35.6 Å². The van der Waals surface area contributed by atoms with Crippen molar-refractivity contribution in [3.8, 4) is 45.1 Å². The van der Waals surface area contributed by atoms with Crippen LogP contribution >= 0.6 is 0 Å². The Bertz CT molecular complexity index is 3080. The molecule has 11 rings (SSSR count). The van der Waals surface area contributed by atoms with Crippen molar-refractivity contribution in [3.05, 3.63) is 181 Å². The molecule has 1 aliphatic rings. The third-order valence-electron chi connectivity index (χ3n) is 11.3. The van der Waals surface area contributed by atoms with E-state index < -0.39 is 0 Å². The Balaban J connectivity index is 1.21. The lowest BCUT2D eigenvalue weighted by Gasteiger charge is -2.21. The normalized spacial score (nSPS) is 13.2. The molecule has 4 nitrogen and oxygen atoms in total. The van der Waals surface area contributed by atoms with Gasteiger partial charge >= 0.3 is 0 Å². The van der Waals surface area contributed by atoms with Crippen LogP contribution in [-0.2, 0) is 5.41 Å². The average molecular weight is 679 g/mol. The third-order valence-corrected chi connectivity index (χ3v) is 11.3. The predicted molar refractivity (Wildman–Crippen MR) is 219 cm³/mol. The lowest BCUT2D eigenvalue weighted by molar-refractivity contribution is 0.636. The molecule has 0 bridgehead atoms. The van der Waals surface area contributed by atoms with Crippen LogP contribution in [0.15, 0.2) is 170 Å². The van der Waals surface area contributed by atoms with Crippen LogP contribution in [0.5, 0.6) is 0 Å². The van der Waals surface area contributed by atoms with E-state index in [4.69, 9.17) is 9.97 Å². The Hall–Kier alpha value is -6.78. The molecule has 53 heavy (non-hydrogen) atoms. The van der Waals surface area contributed by atoms with Crippen LogP contribution < -0.4 is 0 Å². The molecule has 0 N–H and O–H groups in total. The van der Waals surface area contributed by atoms with E-state index in [0.717, 1.165) is 50.8 Å². The van der Waals surface area contributed by atoms with Crippen LogP contribution in [0.25, 0.3) is 88.8 Å². The summed E-state index contributed by atoms with van der Waals surface area (Å²) in [5.74, 6) is 0.731. The Morgan fingerprint density at radius 3 is 1.70 bits per heavy atom. The Kier molecular flexibility index (Phi) is 6.27. The van der Waals surface area contributed by atoms with Gasteiger partial charge in [0.1, 0.15) is 0 Å². The molecule has 0 saturated carbocycles. The van der Waals surface area contributed by atoms with Crippen molar-refractivity contribution in [2.75, 3.05) is 0 Å². The van der Waals surface area contributed by atoms with Crippen molar-refractivity contribution in [1.29, 1.82) is 0 Å². The first-order valence-electron chi connectivity index (χ1n) is 18.3. The van der Waals surface area contributed by atoms with Gasteiger partial charge < -0.3 is 9.13 Å². The number of para-hydroxylation sites is 3. The molecule has 0 unspecified atom stereocenters. The molecule has 0 saturated heterocycles. The highest BCUT2D eigenvalue weighted by Gasteiger charge is 2.39. The highest BCUT2D eigenvalue weighted by atomic mass is 15.0. The zero-order chi connectivity index (χ0) is 35.3. The number of hydrogen-bond donors (Lipinski definition) is 0. The van der Waals surface area contributed by atoms with Crippen molar-refractivity contribution in [1.82, 2.24) is 19.1 Å². The van der Waals surface area contributed by atoms with Crippen LogP contribution in [0.2, 0.25) is 0 Å². The summed E-state index contributed by atoms with van der Waals surface area (Å²) in [5.41, 5.74) is 14.4. The molecule has 250 valence electrons. The van der Waals surface area contributed by atoms with E-state index in [2.05, 4.69) is 193 Å². The Labute approximate surface area is 307 Å². The first-order valence-corrected chi connectivity index (χ1v) is 18.3. The zero-order valence-electron chi connectivity index (χ0n) is 29.5. The van der Waals surface area contributed by atoms with Crippen LogP contribution in [0.3, 0.4) is 0 Å². The SMILES string of the molecule is CC1(C)c2ccccc2-c2c(-c3ccccc3)nc(-c3cccc(-n4c5ccccc5c5ccc6c7ccccc7n(-c7ccccc7)c6c54)c3)nc21. The molecule has 10 aromatic rings. The van der Waals surface area contributed by atoms with Crippen LogP contribution in [0, 0.1) is 0 Å². The molecule has 0 aliphatic heterocycles. The van der Waals surface area contributed by atoms with E-state index in [1.54, 1.807) is 0 Å². The summed E-state index contributed by atoms with van der Waals surface area (Å²) in [6.45, 7) is 4.57. The molecule has 4 heteroatoms. The second kappa shape index (κ2) is 11.1. The van der Waals surface area contributed by atoms with Gasteiger partial charge in [0.15, 0.2) is 5.82 Å². The quantitative estimate of drug-likeness (QED) is 0.186. The van der Waals surface area contributed by atoms with Crippen molar-refractivity contribution < 1.29 is 0 Å². The lowest BCUT2D eigenvalue weighted by atomic mass is 9.85. The minimum absolute atomic E-state index is 0.270. The first kappa shape index (κ1) is 29.9. The van der Waals surface area contributed by atoms with Gasteiger partial charge in [-0.15, -0.1) is 0 Å². The average Bonchev–Trinajstić information content (AvgIpc) is 3.82. The highest BCUT2D eigenvalue weighted by molar-refractivity contribution is 6.23. The molecule has 0 radical (unpaired) electrons. The van der Waals surface area contributed by atoms with Gasteiger partial charge in [-0.25, -0.2) is 9.97 Å². The zero-order valence-corrected chi connectivity index (χ0v) is 29.5. The molecule has 3 heterocycles. The van der Waals surface area contributed by atoms with Gasteiger partial charge in [-0.1, -0.05) is 147 Å². The fourth-order valence-corrected chi connectivity index (χ4v) is 8.87. The summed E-state index contributed by atoms with van der Waals surface area (Å²) in [6.07, 6.45) is 0. The molecule has 1 aliphatic carbocycles. The van der Waals surface area contributed by atoms with E-state index in [1.807, 2.05) is 0 Å². The molecular formula is C49H34N4.